The van der Waals surface area contributed by atoms with Crippen LogP contribution in [-0.2, 0) is 16.0 Å². The van der Waals surface area contributed by atoms with E-state index in [1.807, 2.05) is 30.3 Å². The van der Waals surface area contributed by atoms with Gasteiger partial charge < -0.3 is 15.2 Å². The Morgan fingerprint density at radius 1 is 1.00 bits per heavy atom. The Balaban J connectivity index is 1.66. The molecule has 2 N–H and O–H groups in total. The van der Waals surface area contributed by atoms with Gasteiger partial charge in [-0.15, -0.1) is 0 Å². The molecule has 134 valence electrons. The van der Waals surface area contributed by atoms with Crippen LogP contribution in [-0.4, -0.2) is 41.6 Å². The quantitative estimate of drug-likeness (QED) is 0.710. The van der Waals surface area contributed by atoms with Crippen molar-refractivity contribution in [1.82, 2.24) is 4.90 Å². The van der Waals surface area contributed by atoms with Gasteiger partial charge in [-0.25, -0.2) is 0 Å². The Labute approximate surface area is 151 Å². The van der Waals surface area contributed by atoms with E-state index in [1.54, 1.807) is 24.3 Å². The Morgan fingerprint density at radius 2 is 1.73 bits per heavy atom. The molecule has 1 heterocycles. The molecule has 1 aliphatic heterocycles. The van der Waals surface area contributed by atoms with Gasteiger partial charge in [-0.3, -0.25) is 14.5 Å². The summed E-state index contributed by atoms with van der Waals surface area (Å²) in [6, 6.07) is 16.8. The summed E-state index contributed by atoms with van der Waals surface area (Å²) in [5.74, 6) is -0.185. The summed E-state index contributed by atoms with van der Waals surface area (Å²) in [5, 5.41) is 11.9. The molecule has 0 bridgehead atoms. The van der Waals surface area contributed by atoms with Crippen LogP contribution in [0.3, 0.4) is 0 Å². The second kappa shape index (κ2) is 8.31. The molecule has 2 aromatic carbocycles. The monoisotopic (exact) mass is 352 g/mol. The molecule has 0 aliphatic carbocycles. The average Bonchev–Trinajstić information content (AvgIpc) is 2.93. The van der Waals surface area contributed by atoms with Crippen LogP contribution in [0.5, 0.6) is 5.75 Å². The molecule has 6 nitrogen and oxygen atoms in total. The molecule has 6 heteroatoms. The van der Waals surface area contributed by atoms with Crippen molar-refractivity contribution in [3.63, 3.8) is 0 Å². The lowest BCUT2D eigenvalue weighted by molar-refractivity contribution is -0.137. The lowest BCUT2D eigenvalue weighted by Gasteiger charge is -2.16. The van der Waals surface area contributed by atoms with E-state index in [1.165, 1.54) is 11.0 Å². The lowest BCUT2D eigenvalue weighted by atomic mass is 10.1. The molecule has 0 saturated carbocycles. The molecule has 0 fully saturated rings. The van der Waals surface area contributed by atoms with E-state index >= 15 is 0 Å². The number of hydrogen-bond donors (Lipinski definition) is 2. The first-order valence-electron chi connectivity index (χ1n) is 8.40. The summed E-state index contributed by atoms with van der Waals surface area (Å²) in [4.78, 5) is 26.0. The summed E-state index contributed by atoms with van der Waals surface area (Å²) in [7, 11) is 0. The maximum absolute atomic E-state index is 12.6. The third-order valence-corrected chi connectivity index (χ3v) is 3.98. The number of anilines is 1. The Bertz CT molecular complexity index is 818. The molecule has 0 spiro atoms. The molecule has 26 heavy (non-hydrogen) atoms. The molecule has 0 aromatic heterocycles. The standard InChI is InChI=1S/C20H20N2O4/c23-12-13-26-18-9-5-4-8-16(18)21-17-14-19(24)22(20(17)25)11-10-15-6-2-1-3-7-15/h1-9,14,21,23H,10-13H2. The first kappa shape index (κ1) is 17.7. The number of aliphatic hydroxyl groups is 1. The van der Waals surface area contributed by atoms with E-state index in [-0.39, 0.29) is 30.7 Å². The number of carbonyl (C=O) groups is 2. The van der Waals surface area contributed by atoms with Gasteiger partial charge in [0.25, 0.3) is 11.8 Å². The van der Waals surface area contributed by atoms with E-state index in [0.717, 1.165) is 5.56 Å². The van der Waals surface area contributed by atoms with Crippen LogP contribution in [0.2, 0.25) is 0 Å². The Kier molecular flexibility index (Phi) is 5.66. The van der Waals surface area contributed by atoms with E-state index in [4.69, 9.17) is 9.84 Å². The zero-order valence-electron chi connectivity index (χ0n) is 14.2. The number of carbonyl (C=O) groups excluding carboxylic acids is 2. The van der Waals surface area contributed by atoms with Gasteiger partial charge in [0.05, 0.1) is 12.3 Å². The smallest absolute Gasteiger partial charge is 0.277 e. The van der Waals surface area contributed by atoms with Crippen molar-refractivity contribution < 1.29 is 19.4 Å². The second-order valence-corrected chi connectivity index (χ2v) is 5.78. The minimum Gasteiger partial charge on any atom is -0.489 e. The fourth-order valence-electron chi connectivity index (χ4n) is 2.69. The van der Waals surface area contributed by atoms with Gasteiger partial charge >= 0.3 is 0 Å². The third kappa shape index (κ3) is 4.10. The van der Waals surface area contributed by atoms with E-state index in [9.17, 15) is 9.59 Å². The normalized spacial score (nSPS) is 13.7. The number of nitrogens with one attached hydrogen (secondary N) is 1. The van der Waals surface area contributed by atoms with Crippen LogP contribution < -0.4 is 10.1 Å². The number of aliphatic hydroxyl groups excluding tert-OH is 1. The van der Waals surface area contributed by atoms with Crippen LogP contribution in [0.1, 0.15) is 5.56 Å². The van der Waals surface area contributed by atoms with Crippen LogP contribution >= 0.6 is 0 Å². The van der Waals surface area contributed by atoms with Gasteiger partial charge in [-0.2, -0.15) is 0 Å². The van der Waals surface area contributed by atoms with Gasteiger partial charge in [0.2, 0.25) is 0 Å². The molecule has 0 unspecified atom stereocenters. The van der Waals surface area contributed by atoms with Crippen molar-refractivity contribution in [1.29, 1.82) is 0 Å². The van der Waals surface area contributed by atoms with Crippen molar-refractivity contribution in [2.24, 2.45) is 0 Å². The largest absolute Gasteiger partial charge is 0.489 e. The van der Waals surface area contributed by atoms with Crippen molar-refractivity contribution >= 4 is 17.5 Å². The zero-order chi connectivity index (χ0) is 18.4. The summed E-state index contributed by atoms with van der Waals surface area (Å²) in [5.41, 5.74) is 1.85. The lowest BCUT2D eigenvalue weighted by Crippen LogP contribution is -2.33. The van der Waals surface area contributed by atoms with Gasteiger partial charge in [0.1, 0.15) is 18.1 Å². The van der Waals surface area contributed by atoms with Gasteiger partial charge in [-0.05, 0) is 24.1 Å². The summed E-state index contributed by atoms with van der Waals surface area (Å²) in [6.45, 7) is 0.363. The molecule has 0 saturated heterocycles. The highest BCUT2D eigenvalue weighted by Crippen LogP contribution is 2.27. The predicted molar refractivity (Wildman–Crippen MR) is 97.6 cm³/mol. The van der Waals surface area contributed by atoms with Crippen LogP contribution in [0.15, 0.2) is 66.4 Å². The summed E-state index contributed by atoms with van der Waals surface area (Å²) in [6.07, 6.45) is 1.91. The Morgan fingerprint density at radius 3 is 2.50 bits per heavy atom. The second-order valence-electron chi connectivity index (χ2n) is 5.78. The van der Waals surface area contributed by atoms with Gasteiger partial charge in [0.15, 0.2) is 0 Å². The van der Waals surface area contributed by atoms with Crippen LogP contribution in [0, 0.1) is 0 Å². The number of ether oxygens (including phenoxy) is 1. The maximum atomic E-state index is 12.6. The third-order valence-electron chi connectivity index (χ3n) is 3.98. The molecule has 1 aliphatic rings. The SMILES string of the molecule is O=C1C=C(Nc2ccccc2OCCO)C(=O)N1CCc1ccccc1. The number of rotatable bonds is 8. The van der Waals surface area contributed by atoms with E-state index in [2.05, 4.69) is 5.32 Å². The van der Waals surface area contributed by atoms with Crippen molar-refractivity contribution in [3.05, 3.63) is 71.9 Å². The molecule has 2 aromatic rings. The maximum Gasteiger partial charge on any atom is 0.277 e. The molecule has 0 radical (unpaired) electrons. The number of amides is 2. The minimum atomic E-state index is -0.358. The molecular weight excluding hydrogens is 332 g/mol. The predicted octanol–water partition coefficient (Wildman–Crippen LogP) is 1.96. The molecule has 0 atom stereocenters. The van der Waals surface area contributed by atoms with E-state index < -0.39 is 0 Å². The van der Waals surface area contributed by atoms with Crippen molar-refractivity contribution in [3.8, 4) is 5.75 Å². The molecule has 2 amide bonds. The van der Waals surface area contributed by atoms with Crippen molar-refractivity contribution in [2.75, 3.05) is 25.1 Å². The number of benzene rings is 2. The first-order valence-corrected chi connectivity index (χ1v) is 8.40. The Hall–Kier alpha value is -3.12. The fourth-order valence-corrected chi connectivity index (χ4v) is 2.69. The highest BCUT2D eigenvalue weighted by molar-refractivity contribution is 6.17. The van der Waals surface area contributed by atoms with Gasteiger partial charge in [0, 0.05) is 12.6 Å². The fraction of sp³-hybridized carbons (Fsp3) is 0.200. The average molecular weight is 352 g/mol. The minimum absolute atomic E-state index is 0.109. The highest BCUT2D eigenvalue weighted by Gasteiger charge is 2.31. The molecule has 3 rings (SSSR count). The van der Waals surface area contributed by atoms with Crippen molar-refractivity contribution in [2.45, 2.75) is 6.42 Å². The van der Waals surface area contributed by atoms with E-state index in [0.29, 0.717) is 24.4 Å². The molecular formula is C20H20N2O4. The highest BCUT2D eigenvalue weighted by atomic mass is 16.5. The number of imide groups is 1. The number of para-hydroxylation sites is 2. The zero-order valence-corrected chi connectivity index (χ0v) is 14.2. The van der Waals surface area contributed by atoms with Crippen LogP contribution in [0.25, 0.3) is 0 Å². The number of nitrogens with zero attached hydrogens (tertiary/aromatic N) is 1. The summed E-state index contributed by atoms with van der Waals surface area (Å²) >= 11 is 0. The van der Waals surface area contributed by atoms with Gasteiger partial charge in [-0.1, -0.05) is 42.5 Å². The topological polar surface area (TPSA) is 78.9 Å². The van der Waals surface area contributed by atoms with Crippen LogP contribution in [0.4, 0.5) is 5.69 Å². The summed E-state index contributed by atoms with van der Waals surface area (Å²) < 4.78 is 5.44. The number of hydrogen-bond acceptors (Lipinski definition) is 5. The first-order chi connectivity index (χ1) is 12.7.